The Hall–Kier alpha value is -2.77. The minimum atomic E-state index is -0.338. The maximum absolute atomic E-state index is 12.7. The van der Waals surface area contributed by atoms with Crippen molar-refractivity contribution in [1.82, 2.24) is 9.55 Å². The van der Waals surface area contributed by atoms with Crippen LogP contribution in [0.3, 0.4) is 0 Å². The van der Waals surface area contributed by atoms with Crippen LogP contribution in [-0.2, 0) is 6.54 Å². The number of amides is 1. The topological polar surface area (TPSA) is 56.5 Å². The molecule has 2 heterocycles. The quantitative estimate of drug-likeness (QED) is 0.497. The van der Waals surface area contributed by atoms with Gasteiger partial charge in [-0.2, -0.15) is 4.99 Å². The monoisotopic (exact) mass is 381 g/mol. The number of ether oxygens (including phenoxy) is 1. The van der Waals surface area contributed by atoms with Gasteiger partial charge in [0, 0.05) is 6.54 Å². The number of aromatic nitrogens is 2. The predicted molar refractivity (Wildman–Crippen MR) is 106 cm³/mol. The number of fused-ring (bicyclic) bond motifs is 2. The second kappa shape index (κ2) is 6.86. The van der Waals surface area contributed by atoms with E-state index in [1.165, 1.54) is 22.7 Å². The van der Waals surface area contributed by atoms with Gasteiger partial charge >= 0.3 is 5.91 Å². The van der Waals surface area contributed by atoms with Crippen molar-refractivity contribution in [2.45, 2.75) is 6.54 Å². The molecule has 2 aromatic carbocycles. The molecule has 0 saturated carbocycles. The third-order valence-electron chi connectivity index (χ3n) is 3.87. The van der Waals surface area contributed by atoms with Crippen molar-refractivity contribution in [2.24, 2.45) is 4.99 Å². The minimum absolute atomic E-state index is 0.338. The molecule has 4 aromatic rings. The molecular formula is C19H15N3O2S2. The number of hydrogen-bond acceptors (Lipinski definition) is 5. The summed E-state index contributed by atoms with van der Waals surface area (Å²) in [6, 6.07) is 13.5. The first kappa shape index (κ1) is 16.7. The fourth-order valence-corrected chi connectivity index (χ4v) is 4.65. The first-order valence-electron chi connectivity index (χ1n) is 7.93. The number of benzene rings is 2. The molecule has 0 unspecified atom stereocenters. The van der Waals surface area contributed by atoms with E-state index in [4.69, 9.17) is 4.74 Å². The van der Waals surface area contributed by atoms with Crippen molar-refractivity contribution in [3.63, 3.8) is 0 Å². The van der Waals surface area contributed by atoms with Gasteiger partial charge in [0.15, 0.2) is 9.81 Å². The van der Waals surface area contributed by atoms with Crippen molar-refractivity contribution < 1.29 is 9.53 Å². The number of carbonyl (C=O) groups is 1. The van der Waals surface area contributed by atoms with Crippen molar-refractivity contribution in [2.75, 3.05) is 7.11 Å². The fraction of sp³-hybridized carbons (Fsp3) is 0.105. The molecule has 0 saturated heterocycles. The van der Waals surface area contributed by atoms with E-state index >= 15 is 0 Å². The van der Waals surface area contributed by atoms with Gasteiger partial charge in [-0.3, -0.25) is 4.79 Å². The lowest BCUT2D eigenvalue weighted by Gasteiger charge is -2.05. The van der Waals surface area contributed by atoms with Crippen LogP contribution in [0.25, 0.3) is 20.4 Å². The number of rotatable bonds is 4. The predicted octanol–water partition coefficient (Wildman–Crippen LogP) is 4.25. The molecule has 1 amide bonds. The zero-order chi connectivity index (χ0) is 18.1. The molecule has 0 bridgehead atoms. The van der Waals surface area contributed by atoms with Crippen molar-refractivity contribution in [1.29, 1.82) is 0 Å². The highest BCUT2D eigenvalue weighted by Crippen LogP contribution is 2.27. The molecule has 5 nitrogen and oxygen atoms in total. The summed E-state index contributed by atoms with van der Waals surface area (Å²) >= 11 is 2.80. The van der Waals surface area contributed by atoms with E-state index in [9.17, 15) is 4.79 Å². The smallest absolute Gasteiger partial charge is 0.308 e. The molecule has 0 radical (unpaired) electrons. The van der Waals surface area contributed by atoms with Gasteiger partial charge in [-0.05, 0) is 24.3 Å². The lowest BCUT2D eigenvalue weighted by molar-refractivity contribution is 0.0997. The van der Waals surface area contributed by atoms with Crippen molar-refractivity contribution >= 4 is 49.0 Å². The Morgan fingerprint density at radius 3 is 2.81 bits per heavy atom. The number of para-hydroxylation sites is 2. The van der Waals surface area contributed by atoms with Gasteiger partial charge in [-0.15, -0.1) is 17.9 Å². The average molecular weight is 381 g/mol. The highest BCUT2D eigenvalue weighted by Gasteiger charge is 2.14. The lowest BCUT2D eigenvalue weighted by atomic mass is 10.3. The number of thiazole rings is 2. The van der Waals surface area contributed by atoms with Crippen LogP contribution in [-0.4, -0.2) is 22.6 Å². The van der Waals surface area contributed by atoms with Crippen LogP contribution >= 0.6 is 22.7 Å². The zero-order valence-corrected chi connectivity index (χ0v) is 15.6. The number of hydrogen-bond donors (Lipinski definition) is 0. The Kier molecular flexibility index (Phi) is 4.40. The van der Waals surface area contributed by atoms with Crippen LogP contribution in [0.5, 0.6) is 5.75 Å². The highest BCUT2D eigenvalue weighted by molar-refractivity contribution is 7.20. The standard InChI is InChI=1S/C19H15N3O2S2/c1-3-11-22-16-13(24-2)8-6-10-15(16)26-19(22)21-17(23)18-20-12-7-4-5-9-14(12)25-18/h3-10H,1,11H2,2H3. The van der Waals surface area contributed by atoms with Crippen LogP contribution in [0.2, 0.25) is 0 Å². The Balaban J connectivity index is 1.88. The van der Waals surface area contributed by atoms with Gasteiger partial charge in [0.25, 0.3) is 0 Å². The molecule has 0 aliphatic carbocycles. The maximum atomic E-state index is 12.7. The molecular weight excluding hydrogens is 366 g/mol. The summed E-state index contributed by atoms with van der Waals surface area (Å²) in [5.74, 6) is 0.407. The molecule has 0 N–H and O–H groups in total. The van der Waals surface area contributed by atoms with Gasteiger partial charge < -0.3 is 9.30 Å². The lowest BCUT2D eigenvalue weighted by Crippen LogP contribution is -2.16. The number of methoxy groups -OCH3 is 1. The summed E-state index contributed by atoms with van der Waals surface area (Å²) in [5.41, 5.74) is 1.73. The third kappa shape index (κ3) is 2.85. The summed E-state index contributed by atoms with van der Waals surface area (Å²) < 4.78 is 9.39. The molecule has 0 atom stereocenters. The SMILES string of the molecule is C=CCn1c(=NC(=O)c2nc3ccccc3s2)sc2cccc(OC)c21. The zero-order valence-electron chi connectivity index (χ0n) is 14.0. The third-order valence-corrected chi connectivity index (χ3v) is 5.94. The first-order chi connectivity index (χ1) is 12.7. The van der Waals surface area contributed by atoms with Gasteiger partial charge in [-0.25, -0.2) is 4.98 Å². The second-order valence-electron chi connectivity index (χ2n) is 5.49. The molecule has 26 heavy (non-hydrogen) atoms. The van der Waals surface area contributed by atoms with Crippen LogP contribution in [0, 0.1) is 0 Å². The molecule has 0 fully saturated rings. The van der Waals surface area contributed by atoms with E-state index in [1.807, 2.05) is 47.0 Å². The molecule has 0 spiro atoms. The fourth-order valence-electron chi connectivity index (χ4n) is 2.74. The molecule has 7 heteroatoms. The Morgan fingerprint density at radius 2 is 2.04 bits per heavy atom. The number of allylic oxidation sites excluding steroid dienone is 1. The van der Waals surface area contributed by atoms with Gasteiger partial charge in [0.05, 0.1) is 22.0 Å². The average Bonchev–Trinajstić information content (AvgIpc) is 3.24. The van der Waals surface area contributed by atoms with E-state index in [-0.39, 0.29) is 5.91 Å². The number of carbonyl (C=O) groups excluding carboxylic acids is 1. The van der Waals surface area contributed by atoms with E-state index in [0.29, 0.717) is 16.4 Å². The van der Waals surface area contributed by atoms with Crippen LogP contribution < -0.4 is 9.54 Å². The van der Waals surface area contributed by atoms with Crippen LogP contribution in [0.4, 0.5) is 0 Å². The van der Waals surface area contributed by atoms with Gasteiger partial charge in [0.2, 0.25) is 0 Å². The summed E-state index contributed by atoms with van der Waals surface area (Å²) in [4.78, 5) is 22.0. The summed E-state index contributed by atoms with van der Waals surface area (Å²) in [6.07, 6.45) is 1.78. The molecule has 4 rings (SSSR count). The summed E-state index contributed by atoms with van der Waals surface area (Å²) in [7, 11) is 1.63. The van der Waals surface area contributed by atoms with Crippen molar-refractivity contribution in [3.05, 3.63) is 64.9 Å². The highest BCUT2D eigenvalue weighted by atomic mass is 32.1. The summed E-state index contributed by atoms with van der Waals surface area (Å²) in [5, 5.41) is 0.390. The molecule has 0 aliphatic heterocycles. The van der Waals surface area contributed by atoms with Crippen LogP contribution in [0.15, 0.2) is 60.1 Å². The maximum Gasteiger partial charge on any atom is 0.308 e. The number of nitrogens with zero attached hydrogens (tertiary/aromatic N) is 3. The van der Waals surface area contributed by atoms with E-state index in [2.05, 4.69) is 16.6 Å². The first-order valence-corrected chi connectivity index (χ1v) is 9.56. The minimum Gasteiger partial charge on any atom is -0.495 e. The molecule has 0 aliphatic rings. The van der Waals surface area contributed by atoms with Gasteiger partial charge in [-0.1, -0.05) is 35.6 Å². The van der Waals surface area contributed by atoms with Crippen LogP contribution in [0.1, 0.15) is 9.80 Å². The van der Waals surface area contributed by atoms with Gasteiger partial charge in [0.1, 0.15) is 11.3 Å². The molecule has 2 aromatic heterocycles. The van der Waals surface area contributed by atoms with E-state index in [0.717, 1.165) is 26.2 Å². The Bertz CT molecular complexity index is 1170. The molecule has 130 valence electrons. The Morgan fingerprint density at radius 1 is 1.23 bits per heavy atom. The largest absolute Gasteiger partial charge is 0.495 e. The normalized spacial score (nSPS) is 12.0. The van der Waals surface area contributed by atoms with E-state index in [1.54, 1.807) is 13.2 Å². The Labute approximate surface area is 157 Å². The van der Waals surface area contributed by atoms with Crippen molar-refractivity contribution in [3.8, 4) is 5.75 Å². The second-order valence-corrected chi connectivity index (χ2v) is 7.53. The summed E-state index contributed by atoms with van der Waals surface area (Å²) in [6.45, 7) is 4.35. The van der Waals surface area contributed by atoms with E-state index < -0.39 is 0 Å².